The summed E-state index contributed by atoms with van der Waals surface area (Å²) in [7, 11) is 1.89. The van der Waals surface area contributed by atoms with Gasteiger partial charge in [0.05, 0.1) is 24.5 Å². The van der Waals surface area contributed by atoms with Gasteiger partial charge in [0.2, 0.25) is 5.91 Å². The van der Waals surface area contributed by atoms with Crippen molar-refractivity contribution in [1.29, 1.82) is 0 Å². The van der Waals surface area contributed by atoms with Crippen LogP contribution in [0.2, 0.25) is 0 Å². The smallest absolute Gasteiger partial charge is 0.223 e. The number of carbonyl (C=O) groups excluding carboxylic acids is 1. The van der Waals surface area contributed by atoms with E-state index in [2.05, 4.69) is 25.9 Å². The molecule has 0 spiro atoms. The molecular weight excluding hydrogens is 340 g/mol. The summed E-state index contributed by atoms with van der Waals surface area (Å²) in [5, 5.41) is 14.6. The van der Waals surface area contributed by atoms with Crippen molar-refractivity contribution in [2.24, 2.45) is 5.92 Å². The maximum Gasteiger partial charge on any atom is 0.223 e. The van der Waals surface area contributed by atoms with E-state index in [1.807, 2.05) is 60.4 Å². The first kappa shape index (κ1) is 17.2. The van der Waals surface area contributed by atoms with Gasteiger partial charge in [-0.15, -0.1) is 5.10 Å². The van der Waals surface area contributed by atoms with Crippen molar-refractivity contribution in [3.05, 3.63) is 60.6 Å². The minimum atomic E-state index is 0.0268. The van der Waals surface area contributed by atoms with Crippen LogP contribution >= 0.6 is 0 Å². The van der Waals surface area contributed by atoms with Crippen LogP contribution in [-0.2, 0) is 11.3 Å². The van der Waals surface area contributed by atoms with E-state index in [4.69, 9.17) is 0 Å². The highest BCUT2D eigenvalue weighted by molar-refractivity contribution is 5.79. The highest BCUT2D eigenvalue weighted by Gasteiger charge is 2.36. The summed E-state index contributed by atoms with van der Waals surface area (Å²) < 4.78 is 1.88. The number of carbonyl (C=O) groups is 1. The minimum Gasteiger partial charge on any atom is -0.388 e. The van der Waals surface area contributed by atoms with Crippen molar-refractivity contribution in [3.8, 4) is 11.3 Å². The van der Waals surface area contributed by atoms with Gasteiger partial charge in [0.1, 0.15) is 5.69 Å². The third kappa shape index (κ3) is 3.81. The molecule has 0 aliphatic heterocycles. The Balaban J connectivity index is 1.32. The van der Waals surface area contributed by atoms with Crippen molar-refractivity contribution in [2.45, 2.75) is 25.4 Å². The predicted molar refractivity (Wildman–Crippen MR) is 103 cm³/mol. The monoisotopic (exact) mass is 362 g/mol. The number of aromatic nitrogens is 4. The average Bonchev–Trinajstić information content (AvgIpc) is 3.16. The molecule has 0 unspecified atom stereocenters. The molecule has 1 aliphatic carbocycles. The molecule has 0 bridgehead atoms. The van der Waals surface area contributed by atoms with Crippen LogP contribution in [0, 0.1) is 5.92 Å². The van der Waals surface area contributed by atoms with Gasteiger partial charge in [0.25, 0.3) is 0 Å². The van der Waals surface area contributed by atoms with E-state index in [9.17, 15) is 4.79 Å². The second kappa shape index (κ2) is 7.57. The summed E-state index contributed by atoms with van der Waals surface area (Å²) in [6.07, 6.45) is 5.26. The highest BCUT2D eigenvalue weighted by Crippen LogP contribution is 2.38. The minimum absolute atomic E-state index is 0.0268. The lowest BCUT2D eigenvalue weighted by molar-refractivity contribution is -0.129. The summed E-state index contributed by atoms with van der Waals surface area (Å²) >= 11 is 0. The third-order valence-corrected chi connectivity index (χ3v) is 4.99. The first-order valence-corrected chi connectivity index (χ1v) is 9.10. The quantitative estimate of drug-likeness (QED) is 0.704. The van der Waals surface area contributed by atoms with Crippen LogP contribution in [-0.4, -0.2) is 32.9 Å². The van der Waals surface area contributed by atoms with E-state index in [1.165, 1.54) is 0 Å². The van der Waals surface area contributed by atoms with Crippen molar-refractivity contribution in [3.63, 3.8) is 0 Å². The largest absolute Gasteiger partial charge is 0.388 e. The summed E-state index contributed by atoms with van der Waals surface area (Å²) in [6, 6.07) is 14.0. The van der Waals surface area contributed by atoms with Gasteiger partial charge in [-0.05, 0) is 37.1 Å². The second-order valence-electron chi connectivity index (χ2n) is 6.78. The molecule has 7 heteroatoms. The molecule has 7 nitrogen and oxygen atoms in total. The summed E-state index contributed by atoms with van der Waals surface area (Å²) in [6.45, 7) is 0.468. The van der Waals surface area contributed by atoms with Crippen LogP contribution in [0.4, 0.5) is 5.69 Å². The molecule has 0 atom stereocenters. The first-order valence-electron chi connectivity index (χ1n) is 9.10. The molecule has 138 valence electrons. The Kier molecular flexibility index (Phi) is 4.82. The fraction of sp³-hybridized carbons (Fsp3) is 0.300. The van der Waals surface area contributed by atoms with E-state index < -0.39 is 0 Å². The molecule has 2 N–H and O–H groups in total. The Morgan fingerprint density at radius 2 is 2.11 bits per heavy atom. The molecule has 2 heterocycles. The Morgan fingerprint density at radius 1 is 1.22 bits per heavy atom. The number of pyridine rings is 1. The maximum atomic E-state index is 12.3. The molecule has 1 saturated carbocycles. The van der Waals surface area contributed by atoms with Gasteiger partial charge < -0.3 is 10.6 Å². The number of benzene rings is 1. The average molecular weight is 362 g/mol. The van der Waals surface area contributed by atoms with Crippen molar-refractivity contribution >= 4 is 11.6 Å². The van der Waals surface area contributed by atoms with Gasteiger partial charge >= 0.3 is 0 Å². The zero-order chi connectivity index (χ0) is 18.6. The molecule has 1 fully saturated rings. The molecule has 4 rings (SSSR count). The first-order chi connectivity index (χ1) is 13.2. The van der Waals surface area contributed by atoms with E-state index >= 15 is 0 Å². The molecule has 27 heavy (non-hydrogen) atoms. The fourth-order valence-corrected chi connectivity index (χ4v) is 3.26. The summed E-state index contributed by atoms with van der Waals surface area (Å²) in [4.78, 5) is 16.5. The molecule has 1 aliphatic rings. The van der Waals surface area contributed by atoms with Crippen LogP contribution in [0.15, 0.2) is 54.9 Å². The number of hydrogen-bond acceptors (Lipinski definition) is 5. The fourth-order valence-electron chi connectivity index (χ4n) is 3.26. The van der Waals surface area contributed by atoms with Crippen molar-refractivity contribution in [2.75, 3.05) is 12.4 Å². The second-order valence-corrected chi connectivity index (χ2v) is 6.78. The van der Waals surface area contributed by atoms with Gasteiger partial charge in [-0.2, -0.15) is 0 Å². The maximum absolute atomic E-state index is 12.3. The Labute approximate surface area is 157 Å². The summed E-state index contributed by atoms with van der Waals surface area (Å²) in [5.74, 6) is 0.109. The summed E-state index contributed by atoms with van der Waals surface area (Å²) in [5.41, 5.74) is 3.77. The van der Waals surface area contributed by atoms with Crippen molar-refractivity contribution < 1.29 is 4.79 Å². The number of hydrogen-bond donors (Lipinski definition) is 2. The van der Waals surface area contributed by atoms with Crippen LogP contribution in [0.3, 0.4) is 0 Å². The van der Waals surface area contributed by atoms with Crippen LogP contribution in [0.25, 0.3) is 11.3 Å². The van der Waals surface area contributed by atoms with E-state index in [1.54, 1.807) is 6.20 Å². The van der Waals surface area contributed by atoms with E-state index in [0.717, 1.165) is 35.5 Å². The number of nitrogens with one attached hydrogen (secondary N) is 2. The molecule has 1 amide bonds. The van der Waals surface area contributed by atoms with Crippen LogP contribution in [0.5, 0.6) is 0 Å². The normalized spacial score (nSPS) is 18.6. The molecule has 0 saturated heterocycles. The zero-order valence-electron chi connectivity index (χ0n) is 15.2. The van der Waals surface area contributed by atoms with E-state index in [-0.39, 0.29) is 17.9 Å². The van der Waals surface area contributed by atoms with Gasteiger partial charge in [-0.1, -0.05) is 23.4 Å². The molecule has 3 aromatic rings. The topological polar surface area (TPSA) is 84.7 Å². The number of amides is 1. The predicted octanol–water partition coefficient (Wildman–Crippen LogP) is 2.65. The lowest BCUT2D eigenvalue weighted by atomic mass is 9.79. The molecule has 1 aromatic carbocycles. The standard InChI is InChI=1S/C20H22N6O/c1-21-16-7-4-5-14(9-16)19-13-26(25-24-19)18-10-15(11-18)20(27)23-12-17-6-2-3-8-22-17/h2-9,13,15,18,21H,10-12H2,1H3,(H,23,27). The van der Waals surface area contributed by atoms with Crippen LogP contribution < -0.4 is 10.6 Å². The third-order valence-electron chi connectivity index (χ3n) is 4.99. The molecular formula is C20H22N6O. The lowest BCUT2D eigenvalue weighted by Gasteiger charge is -2.33. The van der Waals surface area contributed by atoms with Crippen LogP contribution in [0.1, 0.15) is 24.6 Å². The molecule has 0 radical (unpaired) electrons. The Morgan fingerprint density at radius 3 is 2.89 bits per heavy atom. The Hall–Kier alpha value is -3.22. The van der Waals surface area contributed by atoms with Gasteiger partial charge in [0, 0.05) is 30.4 Å². The number of nitrogens with zero attached hydrogens (tertiary/aromatic N) is 4. The zero-order valence-corrected chi connectivity index (χ0v) is 15.2. The SMILES string of the molecule is CNc1cccc(-c2cn(C3CC(C(=O)NCc4ccccn4)C3)nn2)c1. The highest BCUT2D eigenvalue weighted by atomic mass is 16.1. The van der Waals surface area contributed by atoms with Gasteiger partial charge in [-0.25, -0.2) is 4.68 Å². The van der Waals surface area contributed by atoms with Gasteiger partial charge in [-0.3, -0.25) is 9.78 Å². The number of rotatable bonds is 6. The Bertz CT molecular complexity index is 917. The van der Waals surface area contributed by atoms with Gasteiger partial charge in [0.15, 0.2) is 0 Å². The molecule has 2 aromatic heterocycles. The lowest BCUT2D eigenvalue weighted by Crippen LogP contribution is -2.39. The number of anilines is 1. The van der Waals surface area contributed by atoms with E-state index in [0.29, 0.717) is 6.54 Å². The van der Waals surface area contributed by atoms with Crippen molar-refractivity contribution in [1.82, 2.24) is 25.3 Å².